The second-order valence-electron chi connectivity index (χ2n) is 6.00. The highest BCUT2D eigenvalue weighted by Gasteiger charge is 2.33. The Labute approximate surface area is 178 Å². The first-order valence-corrected chi connectivity index (χ1v) is 9.15. The van der Waals surface area contributed by atoms with Crippen molar-refractivity contribution in [1.82, 2.24) is 10.4 Å². The van der Waals surface area contributed by atoms with Crippen molar-refractivity contribution >= 4 is 52.2 Å². The zero-order valence-electron chi connectivity index (χ0n) is 14.6. The summed E-state index contributed by atoms with van der Waals surface area (Å²) >= 11 is 18.1. The van der Waals surface area contributed by atoms with E-state index in [1.54, 1.807) is 18.2 Å². The van der Waals surface area contributed by atoms with Crippen LogP contribution < -0.4 is 10.4 Å². The molecule has 1 aliphatic heterocycles. The standard InChI is InChI=1S/C17H12Cl3F3N4O2/c1-27(15-11(20)5-8(7-24-15)17(21,22)23)25-16(28)13-6-12(26-29-13)14-9(18)3-2-4-10(14)19/h2-5,7,13H,6H2,1H3,(H,25,28). The molecule has 0 saturated heterocycles. The molecule has 6 nitrogen and oxygen atoms in total. The van der Waals surface area contributed by atoms with Gasteiger partial charge in [-0.05, 0) is 18.2 Å². The number of alkyl halides is 3. The van der Waals surface area contributed by atoms with Gasteiger partial charge in [-0.15, -0.1) is 0 Å². The largest absolute Gasteiger partial charge is 0.417 e. The number of hydrogen-bond acceptors (Lipinski definition) is 5. The minimum atomic E-state index is -4.58. The fraction of sp³-hybridized carbons (Fsp3) is 0.235. The second-order valence-corrected chi connectivity index (χ2v) is 7.22. The molecule has 1 amide bonds. The Morgan fingerprint density at radius 2 is 1.90 bits per heavy atom. The Kier molecular flexibility index (Phi) is 6.11. The summed E-state index contributed by atoms with van der Waals surface area (Å²) in [5.41, 5.74) is 2.30. The molecule has 0 bridgehead atoms. The third-order valence-corrected chi connectivity index (χ3v) is 4.87. The highest BCUT2D eigenvalue weighted by molar-refractivity contribution is 6.40. The third-order valence-electron chi connectivity index (χ3n) is 3.96. The number of nitrogens with one attached hydrogen (secondary N) is 1. The molecular weight excluding hydrogens is 456 g/mol. The Bertz CT molecular complexity index is 965. The summed E-state index contributed by atoms with van der Waals surface area (Å²) in [4.78, 5) is 21.3. The molecule has 1 aromatic carbocycles. The van der Waals surface area contributed by atoms with E-state index in [1.807, 2.05) is 0 Å². The molecule has 0 aliphatic carbocycles. The summed E-state index contributed by atoms with van der Waals surface area (Å²) in [6, 6.07) is 5.65. The molecule has 12 heteroatoms. The number of oxime groups is 1. The first-order valence-electron chi connectivity index (χ1n) is 8.02. The molecule has 1 N–H and O–H groups in total. The SMILES string of the molecule is CN(NC(=O)C1CC(c2c(Cl)cccc2Cl)=NO1)c1ncc(C(F)(F)F)cc1Cl. The topological polar surface area (TPSA) is 66.8 Å². The maximum Gasteiger partial charge on any atom is 0.417 e. The first kappa shape index (κ1) is 21.5. The van der Waals surface area contributed by atoms with Crippen LogP contribution in [0.25, 0.3) is 0 Å². The van der Waals surface area contributed by atoms with Crippen LogP contribution in [0.3, 0.4) is 0 Å². The van der Waals surface area contributed by atoms with Gasteiger partial charge in [-0.3, -0.25) is 15.2 Å². The van der Waals surface area contributed by atoms with Crippen molar-refractivity contribution in [1.29, 1.82) is 0 Å². The van der Waals surface area contributed by atoms with Gasteiger partial charge >= 0.3 is 6.18 Å². The van der Waals surface area contributed by atoms with E-state index in [0.717, 1.165) is 11.1 Å². The number of aromatic nitrogens is 1. The van der Waals surface area contributed by atoms with Crippen LogP contribution >= 0.6 is 34.8 Å². The van der Waals surface area contributed by atoms with Gasteiger partial charge in [0.2, 0.25) is 6.10 Å². The minimum Gasteiger partial charge on any atom is -0.382 e. The van der Waals surface area contributed by atoms with Crippen LogP contribution in [-0.2, 0) is 15.8 Å². The van der Waals surface area contributed by atoms with Crippen molar-refractivity contribution in [3.05, 3.63) is 56.7 Å². The van der Waals surface area contributed by atoms with Crippen LogP contribution in [0, 0.1) is 0 Å². The fourth-order valence-electron chi connectivity index (χ4n) is 2.56. The number of hydrazine groups is 1. The summed E-state index contributed by atoms with van der Waals surface area (Å²) in [5.74, 6) is -0.673. The maximum absolute atomic E-state index is 12.7. The number of halogens is 6. The van der Waals surface area contributed by atoms with Gasteiger partial charge < -0.3 is 4.84 Å². The van der Waals surface area contributed by atoms with E-state index >= 15 is 0 Å². The van der Waals surface area contributed by atoms with Gasteiger partial charge in [-0.2, -0.15) is 13.2 Å². The van der Waals surface area contributed by atoms with E-state index in [-0.39, 0.29) is 17.3 Å². The summed E-state index contributed by atoms with van der Waals surface area (Å²) in [7, 11) is 1.38. The van der Waals surface area contributed by atoms with Gasteiger partial charge in [0.25, 0.3) is 5.91 Å². The predicted octanol–water partition coefficient (Wildman–Crippen LogP) is 4.72. The summed E-state index contributed by atoms with van der Waals surface area (Å²) in [6.07, 6.45) is -4.86. The average molecular weight is 468 g/mol. The molecule has 1 atom stereocenters. The van der Waals surface area contributed by atoms with Crippen molar-refractivity contribution in [3.8, 4) is 0 Å². The third kappa shape index (κ3) is 4.68. The molecule has 2 aromatic rings. The normalized spacial score (nSPS) is 16.2. The van der Waals surface area contributed by atoms with Crippen molar-refractivity contribution in [3.63, 3.8) is 0 Å². The van der Waals surface area contributed by atoms with E-state index < -0.39 is 23.8 Å². The summed E-state index contributed by atoms with van der Waals surface area (Å²) < 4.78 is 38.2. The highest BCUT2D eigenvalue weighted by atomic mass is 35.5. The molecule has 29 heavy (non-hydrogen) atoms. The number of carbonyl (C=O) groups is 1. The summed E-state index contributed by atoms with van der Waals surface area (Å²) in [5, 5.41) is 5.40. The van der Waals surface area contributed by atoms with Crippen LogP contribution in [0.4, 0.5) is 19.0 Å². The van der Waals surface area contributed by atoms with E-state index in [4.69, 9.17) is 39.6 Å². The Morgan fingerprint density at radius 1 is 1.24 bits per heavy atom. The second kappa shape index (κ2) is 8.25. The smallest absolute Gasteiger partial charge is 0.382 e. The number of anilines is 1. The Balaban J connectivity index is 1.67. The lowest BCUT2D eigenvalue weighted by Crippen LogP contribution is -2.45. The predicted molar refractivity (Wildman–Crippen MR) is 103 cm³/mol. The Hall–Kier alpha value is -2.23. The van der Waals surface area contributed by atoms with Crippen LogP contribution in [0.15, 0.2) is 35.6 Å². The molecule has 1 unspecified atom stereocenters. The molecule has 0 spiro atoms. The average Bonchev–Trinajstić information content (AvgIpc) is 3.10. The molecule has 0 fully saturated rings. The number of rotatable bonds is 4. The quantitative estimate of drug-likeness (QED) is 0.661. The molecule has 3 rings (SSSR count). The van der Waals surface area contributed by atoms with Crippen LogP contribution in [0.1, 0.15) is 17.5 Å². The number of hydrogen-bond donors (Lipinski definition) is 1. The number of benzene rings is 1. The van der Waals surface area contributed by atoms with E-state index in [0.29, 0.717) is 27.5 Å². The monoisotopic (exact) mass is 466 g/mol. The molecule has 154 valence electrons. The highest BCUT2D eigenvalue weighted by Crippen LogP contribution is 2.33. The number of pyridine rings is 1. The zero-order valence-corrected chi connectivity index (χ0v) is 16.9. The van der Waals surface area contributed by atoms with Crippen LogP contribution in [0.2, 0.25) is 15.1 Å². The van der Waals surface area contributed by atoms with Gasteiger partial charge in [0.1, 0.15) is 0 Å². The van der Waals surface area contributed by atoms with Crippen molar-refractivity contribution in [2.24, 2.45) is 5.16 Å². The number of nitrogens with zero attached hydrogens (tertiary/aromatic N) is 3. The summed E-state index contributed by atoms with van der Waals surface area (Å²) in [6.45, 7) is 0. The van der Waals surface area contributed by atoms with Crippen molar-refractivity contribution in [2.75, 3.05) is 12.1 Å². The van der Waals surface area contributed by atoms with Gasteiger partial charge in [0.05, 0.1) is 26.3 Å². The number of amides is 1. The molecule has 1 aliphatic rings. The molecule has 1 aromatic heterocycles. The van der Waals surface area contributed by atoms with Crippen molar-refractivity contribution in [2.45, 2.75) is 18.7 Å². The van der Waals surface area contributed by atoms with E-state index in [9.17, 15) is 18.0 Å². The van der Waals surface area contributed by atoms with Gasteiger partial charge in [0.15, 0.2) is 5.82 Å². The van der Waals surface area contributed by atoms with Crippen LogP contribution in [-0.4, -0.2) is 29.8 Å². The molecule has 0 saturated carbocycles. The molecule has 2 heterocycles. The lowest BCUT2D eigenvalue weighted by molar-refractivity contribution is -0.137. The van der Waals surface area contributed by atoms with Gasteiger partial charge in [-0.1, -0.05) is 46.0 Å². The lowest BCUT2D eigenvalue weighted by Gasteiger charge is -2.22. The van der Waals surface area contributed by atoms with E-state index in [2.05, 4.69) is 15.6 Å². The molecule has 0 radical (unpaired) electrons. The first-order chi connectivity index (χ1) is 13.6. The lowest BCUT2D eigenvalue weighted by atomic mass is 10.0. The maximum atomic E-state index is 12.7. The van der Waals surface area contributed by atoms with Gasteiger partial charge in [-0.25, -0.2) is 4.98 Å². The number of carbonyl (C=O) groups excluding carboxylic acids is 1. The van der Waals surface area contributed by atoms with Gasteiger partial charge in [0, 0.05) is 25.2 Å². The van der Waals surface area contributed by atoms with Crippen LogP contribution in [0.5, 0.6) is 0 Å². The zero-order chi connectivity index (χ0) is 21.3. The fourth-order valence-corrected chi connectivity index (χ4v) is 3.47. The molecular formula is C17H12Cl3F3N4O2. The Morgan fingerprint density at radius 3 is 2.48 bits per heavy atom. The van der Waals surface area contributed by atoms with Crippen molar-refractivity contribution < 1.29 is 22.8 Å². The minimum absolute atomic E-state index is 0.0682. The van der Waals surface area contributed by atoms with E-state index in [1.165, 1.54) is 7.05 Å².